The summed E-state index contributed by atoms with van der Waals surface area (Å²) in [5, 5.41) is 4.92. The Morgan fingerprint density at radius 3 is 3.00 bits per heavy atom. The van der Waals surface area contributed by atoms with E-state index in [0.29, 0.717) is 21.5 Å². The van der Waals surface area contributed by atoms with Gasteiger partial charge in [0.2, 0.25) is 5.91 Å². The summed E-state index contributed by atoms with van der Waals surface area (Å²) in [5.41, 5.74) is 0.675. The van der Waals surface area contributed by atoms with Gasteiger partial charge in [-0.15, -0.1) is 11.3 Å². The number of nitrogens with zero attached hydrogens (tertiary/aromatic N) is 2. The minimum atomic E-state index is -0.371. The highest BCUT2D eigenvalue weighted by molar-refractivity contribution is 7.16. The smallest absolute Gasteiger partial charge is 0.262 e. The van der Waals surface area contributed by atoms with Crippen molar-refractivity contribution in [1.29, 1.82) is 0 Å². The number of halogens is 1. The molecule has 0 spiro atoms. The highest BCUT2D eigenvalue weighted by Crippen LogP contribution is 2.14. The number of anilines is 1. The first-order chi connectivity index (χ1) is 10.5. The van der Waals surface area contributed by atoms with Crippen molar-refractivity contribution in [3.05, 3.63) is 57.7 Å². The molecule has 7 heteroatoms. The molecule has 0 atom stereocenters. The van der Waals surface area contributed by atoms with Crippen molar-refractivity contribution in [2.75, 3.05) is 5.32 Å². The van der Waals surface area contributed by atoms with Gasteiger partial charge < -0.3 is 5.32 Å². The van der Waals surface area contributed by atoms with E-state index in [4.69, 9.17) is 0 Å². The van der Waals surface area contributed by atoms with Gasteiger partial charge in [-0.05, 0) is 42.1 Å². The average Bonchev–Trinajstić information content (AvgIpc) is 2.95. The molecule has 0 fully saturated rings. The van der Waals surface area contributed by atoms with Crippen LogP contribution in [-0.2, 0) is 11.3 Å². The summed E-state index contributed by atoms with van der Waals surface area (Å²) in [6.45, 7) is 1.47. The summed E-state index contributed by atoms with van der Waals surface area (Å²) < 4.78 is 14.4. The van der Waals surface area contributed by atoms with Crippen LogP contribution in [0.5, 0.6) is 0 Å². The van der Waals surface area contributed by atoms with E-state index in [9.17, 15) is 14.0 Å². The topological polar surface area (TPSA) is 64.0 Å². The van der Waals surface area contributed by atoms with Crippen LogP contribution in [0, 0.1) is 12.7 Å². The molecule has 2 aromatic heterocycles. The number of nitrogens with one attached hydrogen (secondary N) is 1. The van der Waals surface area contributed by atoms with Gasteiger partial charge in [-0.3, -0.25) is 14.2 Å². The molecule has 1 N–H and O–H groups in total. The van der Waals surface area contributed by atoms with Gasteiger partial charge in [-0.1, -0.05) is 0 Å². The maximum absolute atomic E-state index is 13.2. The monoisotopic (exact) mass is 317 g/mol. The first-order valence-electron chi connectivity index (χ1n) is 6.53. The highest BCUT2D eigenvalue weighted by Gasteiger charge is 2.09. The summed E-state index contributed by atoms with van der Waals surface area (Å²) in [4.78, 5) is 29.0. The van der Waals surface area contributed by atoms with Crippen molar-refractivity contribution in [2.24, 2.45) is 0 Å². The molecule has 1 amide bonds. The Balaban J connectivity index is 1.79. The van der Waals surface area contributed by atoms with Gasteiger partial charge in [0.1, 0.15) is 17.2 Å². The average molecular weight is 317 g/mol. The highest BCUT2D eigenvalue weighted by atomic mass is 32.1. The summed E-state index contributed by atoms with van der Waals surface area (Å²) in [5.74, 6) is -0.703. The van der Waals surface area contributed by atoms with Crippen molar-refractivity contribution in [3.63, 3.8) is 0 Å². The number of aryl methyl sites for hydroxylation is 1. The zero-order valence-electron chi connectivity index (χ0n) is 11.7. The molecule has 0 unspecified atom stereocenters. The quantitative estimate of drug-likeness (QED) is 0.807. The third kappa shape index (κ3) is 2.75. The number of carbonyl (C=O) groups excluding carboxylic acids is 1. The van der Waals surface area contributed by atoms with E-state index in [0.717, 1.165) is 0 Å². The maximum Gasteiger partial charge on any atom is 0.262 e. The van der Waals surface area contributed by atoms with Crippen LogP contribution in [0.15, 0.2) is 40.8 Å². The second-order valence-corrected chi connectivity index (χ2v) is 5.72. The Kier molecular flexibility index (Phi) is 3.72. The molecule has 112 valence electrons. The van der Waals surface area contributed by atoms with Gasteiger partial charge in [0.15, 0.2) is 0 Å². The van der Waals surface area contributed by atoms with E-state index in [1.807, 2.05) is 0 Å². The lowest BCUT2D eigenvalue weighted by atomic mass is 10.2. The van der Waals surface area contributed by atoms with E-state index >= 15 is 0 Å². The number of rotatable bonds is 3. The number of fused-ring (bicyclic) bond motifs is 1. The molecule has 22 heavy (non-hydrogen) atoms. The molecule has 3 aromatic rings. The Morgan fingerprint density at radius 2 is 2.23 bits per heavy atom. The van der Waals surface area contributed by atoms with E-state index in [-0.39, 0.29) is 23.8 Å². The molecule has 0 saturated carbocycles. The fourth-order valence-corrected chi connectivity index (χ4v) is 2.81. The molecular weight excluding hydrogens is 305 g/mol. The summed E-state index contributed by atoms with van der Waals surface area (Å²) >= 11 is 1.37. The molecular formula is C15H12FN3O2S. The third-order valence-corrected chi connectivity index (χ3v) is 4.03. The van der Waals surface area contributed by atoms with Gasteiger partial charge in [-0.25, -0.2) is 9.37 Å². The largest absolute Gasteiger partial charge is 0.325 e. The van der Waals surface area contributed by atoms with Crippen LogP contribution in [0.4, 0.5) is 10.1 Å². The van der Waals surface area contributed by atoms with Crippen LogP contribution >= 0.6 is 11.3 Å². The molecule has 0 aliphatic carbocycles. The van der Waals surface area contributed by atoms with Gasteiger partial charge >= 0.3 is 0 Å². The lowest BCUT2D eigenvalue weighted by Crippen LogP contribution is -2.27. The Labute approximate surface area is 129 Å². The van der Waals surface area contributed by atoms with Crippen LogP contribution in [-0.4, -0.2) is 15.5 Å². The number of thiophene rings is 1. The molecule has 0 saturated heterocycles. The van der Waals surface area contributed by atoms with Gasteiger partial charge in [0.05, 0.1) is 11.7 Å². The van der Waals surface area contributed by atoms with Crippen molar-refractivity contribution in [3.8, 4) is 0 Å². The fraction of sp³-hybridized carbons (Fsp3) is 0.133. The summed E-state index contributed by atoms with van der Waals surface area (Å²) in [7, 11) is 0. The Bertz CT molecular complexity index is 917. The number of hydrogen-bond donors (Lipinski definition) is 1. The molecule has 5 nitrogen and oxygen atoms in total. The maximum atomic E-state index is 13.2. The molecule has 0 bridgehead atoms. The molecule has 0 radical (unpaired) electrons. The standard InChI is InChI=1S/C15H12FN3O2S/c1-9-6-10(2-3-12(9)16)18-13(20)7-19-8-17-14-11(15(19)21)4-5-22-14/h2-6,8H,7H2,1H3,(H,18,20). The van der Waals surface area contributed by atoms with Gasteiger partial charge in [0.25, 0.3) is 5.56 Å². The van der Waals surface area contributed by atoms with Crippen LogP contribution < -0.4 is 10.9 Å². The SMILES string of the molecule is Cc1cc(NC(=O)Cn2cnc3sccc3c2=O)ccc1F. The molecule has 3 rings (SSSR count). The van der Waals surface area contributed by atoms with E-state index < -0.39 is 0 Å². The second kappa shape index (κ2) is 5.69. The van der Waals surface area contributed by atoms with Crippen molar-refractivity contribution < 1.29 is 9.18 Å². The van der Waals surface area contributed by atoms with Gasteiger partial charge in [-0.2, -0.15) is 0 Å². The predicted molar refractivity (Wildman–Crippen MR) is 83.6 cm³/mol. The van der Waals surface area contributed by atoms with Crippen LogP contribution in [0.2, 0.25) is 0 Å². The summed E-state index contributed by atoms with van der Waals surface area (Å²) in [6.07, 6.45) is 1.36. The number of hydrogen-bond acceptors (Lipinski definition) is 4. The van der Waals surface area contributed by atoms with Crippen LogP contribution in [0.25, 0.3) is 10.2 Å². The normalized spacial score (nSPS) is 10.8. The zero-order valence-corrected chi connectivity index (χ0v) is 12.5. The lowest BCUT2D eigenvalue weighted by molar-refractivity contribution is -0.116. The van der Waals surface area contributed by atoms with Crippen molar-refractivity contribution in [2.45, 2.75) is 13.5 Å². The van der Waals surface area contributed by atoms with E-state index in [1.165, 1.54) is 40.4 Å². The first kappa shape index (κ1) is 14.4. The minimum Gasteiger partial charge on any atom is -0.325 e. The Hall–Kier alpha value is -2.54. The number of carbonyl (C=O) groups is 1. The molecule has 0 aliphatic rings. The van der Waals surface area contributed by atoms with Gasteiger partial charge in [0, 0.05) is 5.69 Å². The van der Waals surface area contributed by atoms with Crippen molar-refractivity contribution >= 4 is 33.1 Å². The second-order valence-electron chi connectivity index (χ2n) is 4.83. The van der Waals surface area contributed by atoms with E-state index in [1.54, 1.807) is 18.4 Å². The lowest BCUT2D eigenvalue weighted by Gasteiger charge is -2.08. The fourth-order valence-electron chi connectivity index (χ4n) is 2.08. The minimum absolute atomic E-state index is 0.145. The van der Waals surface area contributed by atoms with E-state index in [2.05, 4.69) is 10.3 Å². The Morgan fingerprint density at radius 1 is 1.41 bits per heavy atom. The number of amides is 1. The first-order valence-corrected chi connectivity index (χ1v) is 7.41. The van der Waals surface area contributed by atoms with Crippen molar-refractivity contribution in [1.82, 2.24) is 9.55 Å². The predicted octanol–water partition coefficient (Wildman–Crippen LogP) is 2.54. The number of benzene rings is 1. The van der Waals surface area contributed by atoms with Crippen LogP contribution in [0.3, 0.4) is 0 Å². The summed E-state index contributed by atoms with van der Waals surface area (Å²) in [6, 6.07) is 5.99. The number of aromatic nitrogens is 2. The molecule has 0 aliphatic heterocycles. The van der Waals surface area contributed by atoms with Crippen LogP contribution in [0.1, 0.15) is 5.56 Å². The molecule has 1 aromatic carbocycles. The molecule has 2 heterocycles. The third-order valence-electron chi connectivity index (χ3n) is 3.21. The zero-order chi connectivity index (χ0) is 15.7.